The first-order valence-corrected chi connectivity index (χ1v) is 9.91. The van der Waals surface area contributed by atoms with Gasteiger partial charge < -0.3 is 10.1 Å². The number of carbonyl (C=O) groups is 2. The Balaban J connectivity index is 0.000000370. The number of hydrogen-bond acceptors (Lipinski definition) is 3. The van der Waals surface area contributed by atoms with Gasteiger partial charge >= 0.3 is 5.97 Å². The van der Waals surface area contributed by atoms with Crippen LogP contribution < -0.4 is 5.32 Å². The molecule has 0 unspecified atom stereocenters. The highest BCUT2D eigenvalue weighted by molar-refractivity contribution is 5.98. The fraction of sp³-hybridized carbons (Fsp3) is 0.500. The number of ether oxygens (including phenoxy) is 1. The van der Waals surface area contributed by atoms with E-state index in [-0.39, 0.29) is 22.7 Å². The summed E-state index contributed by atoms with van der Waals surface area (Å²) in [6.45, 7) is 12.9. The van der Waals surface area contributed by atoms with E-state index < -0.39 is 0 Å². The highest BCUT2D eigenvalue weighted by atomic mass is 16.5. The van der Waals surface area contributed by atoms with Crippen molar-refractivity contribution in [1.82, 2.24) is 5.32 Å². The monoisotopic (exact) mass is 385 g/mol. The molecule has 28 heavy (non-hydrogen) atoms. The number of methoxy groups -OCH3 is 1. The zero-order valence-corrected chi connectivity index (χ0v) is 18.4. The normalized spacial score (nSPS) is 11.4. The van der Waals surface area contributed by atoms with Crippen molar-refractivity contribution >= 4 is 22.6 Å². The van der Waals surface area contributed by atoms with Crippen molar-refractivity contribution < 1.29 is 14.3 Å². The smallest absolute Gasteiger partial charge is 0.311 e. The summed E-state index contributed by atoms with van der Waals surface area (Å²) < 4.78 is 4.57. The van der Waals surface area contributed by atoms with Gasteiger partial charge in [0.1, 0.15) is 0 Å². The molecule has 1 amide bonds. The SMILES string of the molecule is CCC(C)(C)C(=O)OC.CCC(C)(C)CNC(=O)c1ccc2ccccc2c1. The molecule has 0 spiro atoms. The second kappa shape index (κ2) is 10.3. The van der Waals surface area contributed by atoms with Gasteiger partial charge in [-0.2, -0.15) is 0 Å². The molecule has 2 rings (SSSR count). The molecule has 154 valence electrons. The van der Waals surface area contributed by atoms with Crippen molar-refractivity contribution in [2.24, 2.45) is 10.8 Å². The van der Waals surface area contributed by atoms with E-state index >= 15 is 0 Å². The van der Waals surface area contributed by atoms with Gasteiger partial charge in [0.25, 0.3) is 5.91 Å². The molecule has 0 radical (unpaired) electrons. The molecule has 0 bridgehead atoms. The van der Waals surface area contributed by atoms with E-state index in [4.69, 9.17) is 0 Å². The van der Waals surface area contributed by atoms with Gasteiger partial charge in [0.15, 0.2) is 0 Å². The number of amides is 1. The van der Waals surface area contributed by atoms with E-state index in [0.717, 1.165) is 29.2 Å². The molecular weight excluding hydrogens is 350 g/mol. The molecule has 0 saturated heterocycles. The van der Waals surface area contributed by atoms with Crippen molar-refractivity contribution in [2.75, 3.05) is 13.7 Å². The Morgan fingerprint density at radius 1 is 0.929 bits per heavy atom. The second-order valence-corrected chi connectivity index (χ2v) is 8.49. The third-order valence-electron chi connectivity index (χ3n) is 5.32. The molecule has 1 N–H and O–H groups in total. The van der Waals surface area contributed by atoms with Crippen molar-refractivity contribution in [3.05, 3.63) is 48.0 Å². The maximum Gasteiger partial charge on any atom is 0.311 e. The molecule has 2 aromatic carbocycles. The van der Waals surface area contributed by atoms with E-state index in [9.17, 15) is 9.59 Å². The lowest BCUT2D eigenvalue weighted by Gasteiger charge is -2.22. The van der Waals surface area contributed by atoms with E-state index in [0.29, 0.717) is 6.54 Å². The third-order valence-corrected chi connectivity index (χ3v) is 5.32. The van der Waals surface area contributed by atoms with Crippen LogP contribution in [-0.2, 0) is 9.53 Å². The van der Waals surface area contributed by atoms with Crippen LogP contribution in [0, 0.1) is 10.8 Å². The summed E-state index contributed by atoms with van der Waals surface area (Å²) in [7, 11) is 1.42. The van der Waals surface area contributed by atoms with Crippen LogP contribution in [0.25, 0.3) is 10.8 Å². The molecule has 4 heteroatoms. The van der Waals surface area contributed by atoms with Crippen molar-refractivity contribution in [3.8, 4) is 0 Å². The Labute approximate surface area is 169 Å². The molecule has 0 saturated carbocycles. The molecule has 2 aromatic rings. The molecule has 4 nitrogen and oxygen atoms in total. The molecule has 0 atom stereocenters. The first-order valence-electron chi connectivity index (χ1n) is 9.91. The van der Waals surface area contributed by atoms with Crippen LogP contribution in [-0.4, -0.2) is 25.5 Å². The average molecular weight is 386 g/mol. The summed E-state index contributed by atoms with van der Waals surface area (Å²) in [4.78, 5) is 23.0. The number of esters is 1. The lowest BCUT2D eigenvalue weighted by Crippen LogP contribution is -2.33. The van der Waals surface area contributed by atoms with Gasteiger partial charge in [-0.3, -0.25) is 9.59 Å². The zero-order valence-electron chi connectivity index (χ0n) is 18.4. The zero-order chi connectivity index (χ0) is 21.4. The Hall–Kier alpha value is -2.36. The van der Waals surface area contributed by atoms with E-state index in [2.05, 4.69) is 36.9 Å². The average Bonchev–Trinajstić information content (AvgIpc) is 2.71. The highest BCUT2D eigenvalue weighted by Gasteiger charge is 2.25. The van der Waals surface area contributed by atoms with Gasteiger partial charge in [0.05, 0.1) is 12.5 Å². The molecule has 0 fully saturated rings. The summed E-state index contributed by atoms with van der Waals surface area (Å²) in [6, 6.07) is 13.9. The summed E-state index contributed by atoms with van der Waals surface area (Å²) in [5, 5.41) is 5.28. The van der Waals surface area contributed by atoms with Crippen LogP contribution in [0.3, 0.4) is 0 Å². The number of nitrogens with one attached hydrogen (secondary N) is 1. The predicted octanol–water partition coefficient (Wildman–Crippen LogP) is 5.60. The largest absolute Gasteiger partial charge is 0.469 e. The Bertz CT molecular complexity index is 793. The van der Waals surface area contributed by atoms with Crippen LogP contribution in [0.1, 0.15) is 64.7 Å². The van der Waals surface area contributed by atoms with Gasteiger partial charge in [-0.1, -0.05) is 58.0 Å². The Morgan fingerprint density at radius 3 is 2.04 bits per heavy atom. The van der Waals surface area contributed by atoms with Crippen LogP contribution in [0.15, 0.2) is 42.5 Å². The first kappa shape index (κ1) is 23.7. The summed E-state index contributed by atoms with van der Waals surface area (Å²) in [5.74, 6) is -0.128. The van der Waals surface area contributed by atoms with Gasteiger partial charge in [-0.25, -0.2) is 0 Å². The lowest BCUT2D eigenvalue weighted by atomic mass is 9.90. The van der Waals surface area contributed by atoms with Gasteiger partial charge in [-0.15, -0.1) is 0 Å². The maximum absolute atomic E-state index is 12.1. The number of carbonyl (C=O) groups excluding carboxylic acids is 2. The van der Waals surface area contributed by atoms with Crippen LogP contribution in [0.5, 0.6) is 0 Å². The minimum absolute atomic E-state index is 0.00674. The van der Waals surface area contributed by atoms with Crippen LogP contribution >= 0.6 is 0 Å². The molecule has 0 heterocycles. The van der Waals surface area contributed by atoms with Crippen molar-refractivity contribution in [3.63, 3.8) is 0 Å². The predicted molar refractivity (Wildman–Crippen MR) is 116 cm³/mol. The Morgan fingerprint density at radius 2 is 1.54 bits per heavy atom. The number of hydrogen-bond donors (Lipinski definition) is 1. The van der Waals surface area contributed by atoms with E-state index in [1.54, 1.807) is 0 Å². The minimum Gasteiger partial charge on any atom is -0.469 e. The molecule has 0 aromatic heterocycles. The molecular formula is C24H35NO3. The maximum atomic E-state index is 12.1. The van der Waals surface area contributed by atoms with Gasteiger partial charge in [0.2, 0.25) is 0 Å². The highest BCUT2D eigenvalue weighted by Crippen LogP contribution is 2.21. The van der Waals surface area contributed by atoms with E-state index in [1.807, 2.05) is 57.2 Å². The third kappa shape index (κ3) is 6.99. The number of rotatable bonds is 6. The first-order chi connectivity index (χ1) is 13.1. The summed E-state index contributed by atoms with van der Waals surface area (Å²) >= 11 is 0. The van der Waals surface area contributed by atoms with Crippen molar-refractivity contribution in [1.29, 1.82) is 0 Å². The quantitative estimate of drug-likeness (QED) is 0.658. The minimum atomic E-state index is -0.311. The lowest BCUT2D eigenvalue weighted by molar-refractivity contribution is -0.150. The fourth-order valence-electron chi connectivity index (χ4n) is 2.30. The topological polar surface area (TPSA) is 55.4 Å². The summed E-state index contributed by atoms with van der Waals surface area (Å²) in [6.07, 6.45) is 1.87. The fourth-order valence-corrected chi connectivity index (χ4v) is 2.30. The van der Waals surface area contributed by atoms with Crippen molar-refractivity contribution in [2.45, 2.75) is 54.4 Å². The number of fused-ring (bicyclic) bond motifs is 1. The number of benzene rings is 2. The van der Waals surface area contributed by atoms with Gasteiger partial charge in [-0.05, 0) is 55.0 Å². The summed E-state index contributed by atoms with van der Waals surface area (Å²) in [5.41, 5.74) is 0.562. The van der Waals surface area contributed by atoms with E-state index in [1.165, 1.54) is 7.11 Å². The molecule has 0 aliphatic carbocycles. The van der Waals surface area contributed by atoms with Crippen LogP contribution in [0.2, 0.25) is 0 Å². The second-order valence-electron chi connectivity index (χ2n) is 8.49. The van der Waals surface area contributed by atoms with Gasteiger partial charge in [0, 0.05) is 12.1 Å². The molecule has 0 aliphatic rings. The van der Waals surface area contributed by atoms with Crippen LogP contribution in [0.4, 0.5) is 0 Å². The standard InChI is InChI=1S/C17H21NO.C7H14O2/c1-4-17(2,3)12-18-16(19)15-10-9-13-7-5-6-8-14(13)11-15;1-5-7(2,3)6(8)9-4/h5-11H,4,12H2,1-3H3,(H,18,19);5H2,1-4H3. The molecule has 0 aliphatic heterocycles. The Kier molecular flexibility index (Phi) is 8.67.